The Hall–Kier alpha value is 0.439. The molecule has 0 heterocycles. The van der Waals surface area contributed by atoms with Crippen molar-refractivity contribution in [3.05, 3.63) is 9.71 Å². The van der Waals surface area contributed by atoms with Crippen LogP contribution in [-0.4, -0.2) is 0 Å². The van der Waals surface area contributed by atoms with Gasteiger partial charge in [0.1, 0.15) is 0 Å². The van der Waals surface area contributed by atoms with Gasteiger partial charge in [-0.3, -0.25) is 0 Å². The van der Waals surface area contributed by atoms with E-state index >= 15 is 0 Å². The minimum absolute atomic E-state index is 0. The van der Waals surface area contributed by atoms with E-state index in [1.54, 1.807) is 4.75 Å². The van der Waals surface area contributed by atoms with E-state index in [9.17, 15) is 0 Å². The second-order valence-electron chi connectivity index (χ2n) is 0.0680. The molecular formula is CuMnO3. The number of hydrogen-bond acceptors (Lipinski definition) is 2. The van der Waals surface area contributed by atoms with Gasteiger partial charge in [-0.25, -0.2) is 0 Å². The molecular weight excluding hydrogens is 166 g/mol. The van der Waals surface area contributed by atoms with Crippen LogP contribution in [0.3, 0.4) is 0 Å². The molecule has 3 nitrogen and oxygen atoms in total. The first kappa shape index (κ1) is 18.0. The fourth-order valence-corrected chi connectivity index (χ4v) is 0. The molecule has 0 atom stereocenters. The monoisotopic (exact) mass is 166 g/mol. The molecule has 0 spiro atoms. The summed E-state index contributed by atoms with van der Waals surface area (Å²) in [5, 5.41) is 7.88. The third-order valence-electron chi connectivity index (χ3n) is 0. The van der Waals surface area contributed by atoms with Gasteiger partial charge in [-0.15, -0.1) is 0 Å². The van der Waals surface area contributed by atoms with E-state index in [4.69, 9.17) is 10.2 Å². The van der Waals surface area contributed by atoms with Crippen molar-refractivity contribution in [2.45, 2.75) is 0 Å². The Morgan fingerprint density at radius 3 is 1.60 bits per heavy atom. The van der Waals surface area contributed by atoms with Crippen LogP contribution in [0.2, 0.25) is 0 Å². The molecule has 0 aromatic rings. The number of hydrogen-bond donors (Lipinski definition) is 0. The molecule has 5 heavy (non-hydrogen) atoms. The van der Waals surface area contributed by atoms with Gasteiger partial charge in [-0.05, 0) is 0 Å². The quantitative estimate of drug-likeness (QED) is 0.198. The smallest absolute Gasteiger partial charge is 0.0772 e. The van der Waals surface area contributed by atoms with Gasteiger partial charge < -0.3 is 0 Å². The van der Waals surface area contributed by atoms with Crippen LogP contribution in [0.1, 0.15) is 0 Å². The van der Waals surface area contributed by atoms with Crippen molar-refractivity contribution in [1.82, 2.24) is 0 Å². The number of rotatable bonds is 0. The molecule has 0 aliphatic heterocycles. The van der Waals surface area contributed by atoms with E-state index in [2.05, 4.69) is 0 Å². The second-order valence-corrected chi connectivity index (χ2v) is 0.0680. The molecule has 0 saturated carbocycles. The maximum atomic E-state index is 7.88. The normalized spacial score (nSPS) is 2.40. The molecule has 0 rings (SSSR count). The van der Waals surface area contributed by atoms with Crippen LogP contribution in [0.15, 0.2) is 0 Å². The maximum absolute atomic E-state index is 7.88. The van der Waals surface area contributed by atoms with Crippen molar-refractivity contribution >= 4 is 0 Å². The summed E-state index contributed by atoms with van der Waals surface area (Å²) < 4.78 is 1.75. The van der Waals surface area contributed by atoms with Crippen molar-refractivity contribution in [1.29, 1.82) is 0 Å². The van der Waals surface area contributed by atoms with Crippen LogP contribution in [0.5, 0.6) is 0 Å². The molecule has 0 aliphatic carbocycles. The summed E-state index contributed by atoms with van der Waals surface area (Å²) in [7, 11) is 0. The molecule has 0 aliphatic rings. The van der Waals surface area contributed by atoms with Crippen molar-refractivity contribution in [2.24, 2.45) is 0 Å². The van der Waals surface area contributed by atoms with Crippen LogP contribution in [0.4, 0.5) is 0 Å². The fraction of sp³-hybridized carbons (Fsp3) is 0. The SMILES string of the molecule is O=[O+][O-].[Cu].[Mn]. The van der Waals surface area contributed by atoms with Gasteiger partial charge in [0, 0.05) is 34.1 Å². The third-order valence-corrected chi connectivity index (χ3v) is 0. The van der Waals surface area contributed by atoms with Crippen LogP contribution >= 0.6 is 0 Å². The molecule has 36 valence electrons. The molecule has 0 aromatic carbocycles. The van der Waals surface area contributed by atoms with E-state index in [0.29, 0.717) is 0 Å². The van der Waals surface area contributed by atoms with Gasteiger partial charge in [0.2, 0.25) is 0 Å². The van der Waals surface area contributed by atoms with Crippen LogP contribution in [-0.2, 0) is 34.1 Å². The largest absolute Gasteiger partial charge is 0.154 e. The molecule has 0 aromatic heterocycles. The zero-order chi connectivity index (χ0) is 2.71. The summed E-state index contributed by atoms with van der Waals surface area (Å²) >= 11 is 0. The third kappa shape index (κ3) is 137. The summed E-state index contributed by atoms with van der Waals surface area (Å²) in [6.07, 6.45) is 0. The predicted octanol–water partition coefficient (Wildman–Crippen LogP) is -1.13. The van der Waals surface area contributed by atoms with Crippen molar-refractivity contribution < 1.29 is 39.4 Å². The van der Waals surface area contributed by atoms with E-state index < -0.39 is 0 Å². The zero-order valence-electron chi connectivity index (χ0n) is 1.90. The van der Waals surface area contributed by atoms with E-state index in [1.165, 1.54) is 0 Å². The summed E-state index contributed by atoms with van der Waals surface area (Å²) in [6.45, 7) is 0. The minimum atomic E-state index is 0. The molecule has 0 N–H and O–H groups in total. The first-order chi connectivity index (χ1) is 1.41. The Morgan fingerprint density at radius 1 is 1.60 bits per heavy atom. The Labute approximate surface area is 49.5 Å². The summed E-state index contributed by atoms with van der Waals surface area (Å²) in [5.41, 5.74) is 0. The van der Waals surface area contributed by atoms with Crippen molar-refractivity contribution in [3.63, 3.8) is 0 Å². The Morgan fingerprint density at radius 2 is 1.60 bits per heavy atom. The van der Waals surface area contributed by atoms with Crippen LogP contribution in [0.25, 0.3) is 0 Å². The molecule has 0 fully saturated rings. The fourth-order valence-electron chi connectivity index (χ4n) is 0. The molecule has 2 radical (unpaired) electrons. The van der Waals surface area contributed by atoms with E-state index in [-0.39, 0.29) is 34.1 Å². The average molecular weight is 166 g/mol. The standard InChI is InChI=1S/Cu.Mn.O3/c;;1-3-2. The first-order valence-corrected chi connectivity index (χ1v) is 0.333. The van der Waals surface area contributed by atoms with Gasteiger partial charge >= 0.3 is 0 Å². The summed E-state index contributed by atoms with van der Waals surface area (Å²) in [4.78, 5) is 7.88. The Kier molecular flexibility index (Phi) is 91.4. The van der Waals surface area contributed by atoms with Crippen LogP contribution < -0.4 is 5.26 Å². The van der Waals surface area contributed by atoms with Gasteiger partial charge in [0.05, 0.1) is 0 Å². The van der Waals surface area contributed by atoms with Crippen LogP contribution in [0, 0.1) is 9.71 Å². The minimum Gasteiger partial charge on any atom is -0.0772 e. The Balaban J connectivity index is -0.0000000200. The van der Waals surface area contributed by atoms with Gasteiger partial charge in [-0.1, -0.05) is 10.2 Å². The van der Waals surface area contributed by atoms with Crippen molar-refractivity contribution in [3.8, 4) is 0 Å². The topological polar surface area (TPSA) is 51.4 Å². The van der Waals surface area contributed by atoms with Gasteiger partial charge in [-0.2, -0.15) is 0 Å². The molecule has 0 bridgehead atoms. The molecule has 0 amide bonds. The van der Waals surface area contributed by atoms with Gasteiger partial charge in [0.25, 0.3) is 0 Å². The predicted molar refractivity (Wildman–Crippen MR) is 6.73 cm³/mol. The van der Waals surface area contributed by atoms with E-state index in [0.717, 1.165) is 0 Å². The molecule has 0 unspecified atom stereocenters. The average Bonchev–Trinajstić information content (AvgIpc) is 0.918. The first-order valence-electron chi connectivity index (χ1n) is 0.333. The second kappa shape index (κ2) is 25.4. The molecule has 5 heteroatoms. The van der Waals surface area contributed by atoms with E-state index in [1.807, 2.05) is 0 Å². The Bertz CT molecular complexity index is 14.4. The molecule has 0 saturated heterocycles. The summed E-state index contributed by atoms with van der Waals surface area (Å²) in [5.74, 6) is 0. The zero-order valence-corrected chi connectivity index (χ0v) is 4.03. The van der Waals surface area contributed by atoms with Gasteiger partial charge in [0.15, 0.2) is 4.75 Å². The van der Waals surface area contributed by atoms with Crippen molar-refractivity contribution in [2.75, 3.05) is 0 Å². The summed E-state index contributed by atoms with van der Waals surface area (Å²) in [6, 6.07) is 0. The maximum Gasteiger partial charge on any atom is 0.154 e.